The van der Waals surface area contributed by atoms with Crippen molar-refractivity contribution in [3.63, 3.8) is 0 Å². The molecular weight excluding hydrogens is 316 g/mol. The maximum Gasteiger partial charge on any atom is 0.307 e. The van der Waals surface area contributed by atoms with Crippen molar-refractivity contribution in [1.29, 1.82) is 0 Å². The summed E-state index contributed by atoms with van der Waals surface area (Å²) < 4.78 is 27.0. The van der Waals surface area contributed by atoms with E-state index in [1.165, 1.54) is 6.07 Å². The van der Waals surface area contributed by atoms with Gasteiger partial charge in [-0.15, -0.1) is 0 Å². The van der Waals surface area contributed by atoms with Crippen LogP contribution in [0, 0.1) is 35.3 Å². The number of carbonyl (C=O) groups is 2. The van der Waals surface area contributed by atoms with Crippen LogP contribution in [-0.2, 0) is 9.59 Å². The monoisotopic (exact) mass is 335 g/mol. The van der Waals surface area contributed by atoms with E-state index in [1.54, 1.807) is 6.92 Å². The van der Waals surface area contributed by atoms with Crippen molar-refractivity contribution in [1.82, 2.24) is 5.32 Å². The first kappa shape index (κ1) is 16.6. The van der Waals surface area contributed by atoms with Crippen LogP contribution in [0.1, 0.15) is 31.4 Å². The molecule has 1 aromatic carbocycles. The topological polar surface area (TPSA) is 66.4 Å². The molecule has 3 rings (SSSR count). The molecule has 0 aromatic heterocycles. The molecular formula is C18H19F2NO3. The van der Waals surface area contributed by atoms with Crippen molar-refractivity contribution in [2.75, 3.05) is 0 Å². The highest BCUT2D eigenvalue weighted by Gasteiger charge is 2.51. The smallest absolute Gasteiger partial charge is 0.307 e. The number of nitrogens with one attached hydrogen (secondary N) is 1. The molecule has 2 N–H and O–H groups in total. The standard InChI is InChI=1S/C18H19F2NO3/c1-2-14(12-6-5-11(19)8-13(12)20)21-17(22)15-9-3-4-10(7-9)16(15)18(23)24/h3-6,8-10,14-16H,2,7H2,1H3,(H,21,22)(H,23,24). The fraction of sp³-hybridized carbons (Fsp3) is 0.444. The van der Waals surface area contributed by atoms with Gasteiger partial charge >= 0.3 is 5.97 Å². The number of aliphatic carboxylic acids is 1. The summed E-state index contributed by atoms with van der Waals surface area (Å²) in [6.07, 6.45) is 4.84. The first-order chi connectivity index (χ1) is 11.4. The molecule has 1 aromatic rings. The summed E-state index contributed by atoms with van der Waals surface area (Å²) in [5.41, 5.74) is 0.206. The van der Waals surface area contributed by atoms with E-state index in [-0.39, 0.29) is 23.3 Å². The van der Waals surface area contributed by atoms with Gasteiger partial charge < -0.3 is 10.4 Å². The zero-order chi connectivity index (χ0) is 17.4. The Morgan fingerprint density at radius 3 is 2.50 bits per heavy atom. The third kappa shape index (κ3) is 2.81. The van der Waals surface area contributed by atoms with E-state index in [9.17, 15) is 23.5 Å². The van der Waals surface area contributed by atoms with Gasteiger partial charge in [-0.25, -0.2) is 8.78 Å². The summed E-state index contributed by atoms with van der Waals surface area (Å²) >= 11 is 0. The zero-order valence-corrected chi connectivity index (χ0v) is 13.2. The van der Waals surface area contributed by atoms with Gasteiger partial charge in [-0.3, -0.25) is 9.59 Å². The highest BCUT2D eigenvalue weighted by atomic mass is 19.1. The fourth-order valence-electron chi connectivity index (χ4n) is 3.97. The average molecular weight is 335 g/mol. The van der Waals surface area contributed by atoms with Gasteiger partial charge in [0.15, 0.2) is 0 Å². The Morgan fingerprint density at radius 1 is 1.25 bits per heavy atom. The number of allylic oxidation sites excluding steroid dienone is 2. The van der Waals surface area contributed by atoms with Gasteiger partial charge in [-0.2, -0.15) is 0 Å². The summed E-state index contributed by atoms with van der Waals surface area (Å²) in [7, 11) is 0. The van der Waals surface area contributed by atoms with E-state index in [2.05, 4.69) is 5.32 Å². The molecule has 0 radical (unpaired) electrons. The second-order valence-corrected chi connectivity index (χ2v) is 6.47. The van der Waals surface area contributed by atoms with Crippen molar-refractivity contribution in [2.24, 2.45) is 23.7 Å². The van der Waals surface area contributed by atoms with E-state index >= 15 is 0 Å². The lowest BCUT2D eigenvalue weighted by molar-refractivity contribution is -0.148. The molecule has 1 amide bonds. The Morgan fingerprint density at radius 2 is 1.92 bits per heavy atom. The second-order valence-electron chi connectivity index (χ2n) is 6.47. The van der Waals surface area contributed by atoms with Gasteiger partial charge in [0.25, 0.3) is 0 Å². The highest BCUT2D eigenvalue weighted by Crippen LogP contribution is 2.48. The Hall–Kier alpha value is -2.24. The van der Waals surface area contributed by atoms with E-state index < -0.39 is 35.5 Å². The largest absolute Gasteiger partial charge is 0.481 e. The first-order valence-electron chi connectivity index (χ1n) is 8.08. The number of benzene rings is 1. The number of carboxylic acid groups (broad SMARTS) is 1. The molecule has 1 saturated carbocycles. The summed E-state index contributed by atoms with van der Waals surface area (Å²) in [6, 6.07) is 2.63. The number of hydrogen-bond acceptors (Lipinski definition) is 2. The molecule has 24 heavy (non-hydrogen) atoms. The van der Waals surface area contributed by atoms with Gasteiger partial charge in [0.05, 0.1) is 17.9 Å². The number of amides is 1. The summed E-state index contributed by atoms with van der Waals surface area (Å²) in [4.78, 5) is 24.2. The van der Waals surface area contributed by atoms with E-state index in [0.29, 0.717) is 12.8 Å². The molecule has 6 heteroatoms. The van der Waals surface area contributed by atoms with Crippen LogP contribution in [0.5, 0.6) is 0 Å². The Labute approximate surface area is 138 Å². The molecule has 1 fully saturated rings. The quantitative estimate of drug-likeness (QED) is 0.813. The SMILES string of the molecule is CCC(NC(=O)C1C2C=CC(C2)C1C(=O)O)c1ccc(F)cc1F. The molecule has 2 aliphatic rings. The summed E-state index contributed by atoms with van der Waals surface area (Å²) in [5.74, 6) is -4.35. The molecule has 2 aliphatic carbocycles. The van der Waals surface area contributed by atoms with Crippen LogP contribution in [-0.4, -0.2) is 17.0 Å². The minimum Gasteiger partial charge on any atom is -0.481 e. The van der Waals surface area contributed by atoms with E-state index in [4.69, 9.17) is 0 Å². The van der Waals surface area contributed by atoms with Crippen molar-refractivity contribution in [2.45, 2.75) is 25.8 Å². The first-order valence-corrected chi connectivity index (χ1v) is 8.08. The van der Waals surface area contributed by atoms with Gasteiger partial charge in [-0.05, 0) is 30.7 Å². The minimum absolute atomic E-state index is 0.0910. The maximum atomic E-state index is 14.0. The van der Waals surface area contributed by atoms with Crippen LogP contribution in [0.3, 0.4) is 0 Å². The van der Waals surface area contributed by atoms with Crippen LogP contribution in [0.2, 0.25) is 0 Å². The number of hydrogen-bond donors (Lipinski definition) is 2. The molecule has 128 valence electrons. The van der Waals surface area contributed by atoms with Crippen LogP contribution in [0.4, 0.5) is 8.78 Å². The third-order valence-corrected chi connectivity index (χ3v) is 5.11. The van der Waals surface area contributed by atoms with Crippen molar-refractivity contribution in [3.8, 4) is 0 Å². The predicted octanol–water partition coefficient (Wildman–Crippen LogP) is 3.06. The Kier molecular flexibility index (Phi) is 4.39. The maximum absolute atomic E-state index is 14.0. The van der Waals surface area contributed by atoms with Gasteiger partial charge in [-0.1, -0.05) is 25.1 Å². The molecule has 4 nitrogen and oxygen atoms in total. The van der Waals surface area contributed by atoms with Gasteiger partial charge in [0.1, 0.15) is 11.6 Å². The van der Waals surface area contributed by atoms with Crippen molar-refractivity contribution in [3.05, 3.63) is 47.5 Å². The minimum atomic E-state index is -0.979. The van der Waals surface area contributed by atoms with Gasteiger partial charge in [0.2, 0.25) is 5.91 Å². The van der Waals surface area contributed by atoms with Crippen LogP contribution >= 0.6 is 0 Å². The van der Waals surface area contributed by atoms with Gasteiger partial charge in [0, 0.05) is 11.6 Å². The van der Waals surface area contributed by atoms with Crippen LogP contribution in [0.25, 0.3) is 0 Å². The second kappa shape index (κ2) is 6.34. The molecule has 0 heterocycles. The van der Waals surface area contributed by atoms with Crippen molar-refractivity contribution < 1.29 is 23.5 Å². The summed E-state index contributed by atoms with van der Waals surface area (Å²) in [6.45, 7) is 1.78. The summed E-state index contributed by atoms with van der Waals surface area (Å²) in [5, 5.41) is 12.2. The lowest BCUT2D eigenvalue weighted by atomic mass is 9.82. The van der Waals surface area contributed by atoms with Crippen LogP contribution in [0.15, 0.2) is 30.4 Å². The third-order valence-electron chi connectivity index (χ3n) is 5.11. The molecule has 5 atom stereocenters. The molecule has 0 spiro atoms. The fourth-order valence-corrected chi connectivity index (χ4v) is 3.97. The van der Waals surface area contributed by atoms with E-state index in [1.807, 2.05) is 12.2 Å². The average Bonchev–Trinajstić information content (AvgIpc) is 3.13. The Bertz CT molecular complexity index is 704. The zero-order valence-electron chi connectivity index (χ0n) is 13.2. The number of rotatable bonds is 5. The molecule has 5 unspecified atom stereocenters. The number of carbonyl (C=O) groups excluding carboxylic acids is 1. The lowest BCUT2D eigenvalue weighted by Gasteiger charge is -2.27. The number of fused-ring (bicyclic) bond motifs is 2. The molecule has 0 aliphatic heterocycles. The van der Waals surface area contributed by atoms with Crippen LogP contribution < -0.4 is 5.32 Å². The molecule has 0 saturated heterocycles. The lowest BCUT2D eigenvalue weighted by Crippen LogP contribution is -2.41. The van der Waals surface area contributed by atoms with Crippen molar-refractivity contribution >= 4 is 11.9 Å². The normalized spacial score (nSPS) is 28.8. The Balaban J connectivity index is 1.80. The van der Waals surface area contributed by atoms with E-state index in [0.717, 1.165) is 12.1 Å². The number of carboxylic acids is 1. The highest BCUT2D eigenvalue weighted by molar-refractivity contribution is 5.87. The molecule has 2 bridgehead atoms. The predicted molar refractivity (Wildman–Crippen MR) is 82.9 cm³/mol. The number of halogens is 2.